The van der Waals surface area contributed by atoms with Crippen LogP contribution in [0.5, 0.6) is 0 Å². The Morgan fingerprint density at radius 1 is 1.31 bits per heavy atom. The predicted molar refractivity (Wildman–Crippen MR) is 70.9 cm³/mol. The van der Waals surface area contributed by atoms with Crippen LogP contribution in [-0.2, 0) is 0 Å². The molecule has 2 nitrogen and oxygen atoms in total. The predicted octanol–water partition coefficient (Wildman–Crippen LogP) is 2.22. The first-order chi connectivity index (χ1) is 7.59. The summed E-state index contributed by atoms with van der Waals surface area (Å²) in [7, 11) is 0. The second-order valence-corrected chi connectivity index (χ2v) is 7.22. The van der Waals surface area contributed by atoms with Crippen molar-refractivity contribution < 1.29 is 5.11 Å². The highest BCUT2D eigenvalue weighted by Gasteiger charge is 2.38. The molecule has 0 spiro atoms. The van der Waals surface area contributed by atoms with Gasteiger partial charge < -0.3 is 10.0 Å². The molecular formula is C13H25NOS. The van der Waals surface area contributed by atoms with Crippen molar-refractivity contribution >= 4 is 11.8 Å². The molecule has 0 amide bonds. The third kappa shape index (κ3) is 2.93. The van der Waals surface area contributed by atoms with Gasteiger partial charge in [0.15, 0.2) is 0 Å². The SMILES string of the molecule is CC1(C)CCCC(CN2CCSCC2)C1O. The first-order valence-electron chi connectivity index (χ1n) is 6.58. The Hall–Kier alpha value is 0.270. The molecule has 1 saturated carbocycles. The molecule has 2 atom stereocenters. The third-order valence-corrected chi connectivity index (χ3v) is 5.18. The van der Waals surface area contributed by atoms with Crippen molar-refractivity contribution in [2.45, 2.75) is 39.2 Å². The molecule has 1 heterocycles. The Balaban J connectivity index is 1.88. The van der Waals surface area contributed by atoms with Crippen LogP contribution in [-0.4, -0.2) is 47.3 Å². The number of nitrogens with zero attached hydrogens (tertiary/aromatic N) is 1. The number of thioether (sulfide) groups is 1. The number of hydrogen-bond donors (Lipinski definition) is 1. The van der Waals surface area contributed by atoms with Gasteiger partial charge in [-0.05, 0) is 24.2 Å². The van der Waals surface area contributed by atoms with Gasteiger partial charge in [-0.25, -0.2) is 0 Å². The van der Waals surface area contributed by atoms with Crippen LogP contribution in [0.25, 0.3) is 0 Å². The molecule has 1 saturated heterocycles. The van der Waals surface area contributed by atoms with Crippen LogP contribution in [0.15, 0.2) is 0 Å². The van der Waals surface area contributed by atoms with Gasteiger partial charge >= 0.3 is 0 Å². The highest BCUT2D eigenvalue weighted by atomic mass is 32.2. The van der Waals surface area contributed by atoms with Crippen LogP contribution in [0, 0.1) is 11.3 Å². The average Bonchev–Trinajstić information content (AvgIpc) is 2.26. The van der Waals surface area contributed by atoms with E-state index in [1.165, 1.54) is 43.9 Å². The van der Waals surface area contributed by atoms with Gasteiger partial charge in [-0.2, -0.15) is 11.8 Å². The minimum Gasteiger partial charge on any atom is -0.392 e. The summed E-state index contributed by atoms with van der Waals surface area (Å²) in [6.07, 6.45) is 3.59. The normalized spacial score (nSPS) is 36.2. The van der Waals surface area contributed by atoms with Gasteiger partial charge in [-0.1, -0.05) is 20.3 Å². The largest absolute Gasteiger partial charge is 0.392 e. The lowest BCUT2D eigenvalue weighted by molar-refractivity contribution is -0.0421. The number of aliphatic hydroxyl groups is 1. The Kier molecular flexibility index (Phi) is 4.20. The topological polar surface area (TPSA) is 23.5 Å². The lowest BCUT2D eigenvalue weighted by atomic mass is 9.69. The Labute approximate surface area is 104 Å². The highest BCUT2D eigenvalue weighted by molar-refractivity contribution is 7.99. The zero-order chi connectivity index (χ0) is 11.6. The molecule has 2 rings (SSSR count). The van der Waals surface area contributed by atoms with E-state index in [0.29, 0.717) is 5.92 Å². The minimum absolute atomic E-state index is 0.101. The molecule has 0 aromatic carbocycles. The quantitative estimate of drug-likeness (QED) is 0.804. The van der Waals surface area contributed by atoms with Gasteiger partial charge in [0.25, 0.3) is 0 Å². The fourth-order valence-corrected chi connectivity index (χ4v) is 4.05. The molecule has 0 radical (unpaired) electrons. The Morgan fingerprint density at radius 2 is 2.00 bits per heavy atom. The molecule has 1 N–H and O–H groups in total. The van der Waals surface area contributed by atoms with E-state index in [9.17, 15) is 5.11 Å². The second-order valence-electron chi connectivity index (χ2n) is 6.00. The zero-order valence-electron chi connectivity index (χ0n) is 10.6. The van der Waals surface area contributed by atoms with E-state index in [4.69, 9.17) is 0 Å². The molecule has 94 valence electrons. The maximum absolute atomic E-state index is 10.4. The van der Waals surface area contributed by atoms with E-state index in [1.54, 1.807) is 0 Å². The first kappa shape index (κ1) is 12.7. The van der Waals surface area contributed by atoms with Crippen LogP contribution in [0.2, 0.25) is 0 Å². The van der Waals surface area contributed by atoms with Crippen LogP contribution in [0.3, 0.4) is 0 Å². The summed E-state index contributed by atoms with van der Waals surface area (Å²) in [5.74, 6) is 3.05. The number of hydrogen-bond acceptors (Lipinski definition) is 3. The van der Waals surface area contributed by atoms with E-state index in [-0.39, 0.29) is 11.5 Å². The summed E-state index contributed by atoms with van der Waals surface area (Å²) >= 11 is 2.06. The van der Waals surface area contributed by atoms with Crippen molar-refractivity contribution in [3.63, 3.8) is 0 Å². The summed E-state index contributed by atoms with van der Waals surface area (Å²) in [5.41, 5.74) is 0.132. The molecule has 2 unspecified atom stereocenters. The standard InChI is InChI=1S/C13H25NOS/c1-13(2)5-3-4-11(12(13)15)10-14-6-8-16-9-7-14/h11-12,15H,3-10H2,1-2H3. The maximum atomic E-state index is 10.4. The lowest BCUT2D eigenvalue weighted by Crippen LogP contribution is -2.46. The van der Waals surface area contributed by atoms with Gasteiger partial charge in [-0.15, -0.1) is 0 Å². The average molecular weight is 243 g/mol. The lowest BCUT2D eigenvalue weighted by Gasteiger charge is -2.43. The number of aliphatic hydroxyl groups excluding tert-OH is 1. The fourth-order valence-electron chi connectivity index (χ4n) is 3.07. The van der Waals surface area contributed by atoms with Crippen molar-refractivity contribution in [3.8, 4) is 0 Å². The van der Waals surface area contributed by atoms with Crippen LogP contribution >= 0.6 is 11.8 Å². The molecule has 0 bridgehead atoms. The smallest absolute Gasteiger partial charge is 0.0631 e. The molecule has 3 heteroatoms. The summed E-state index contributed by atoms with van der Waals surface area (Å²) < 4.78 is 0. The summed E-state index contributed by atoms with van der Waals surface area (Å²) in [4.78, 5) is 2.55. The summed E-state index contributed by atoms with van der Waals surface area (Å²) in [6, 6.07) is 0. The Morgan fingerprint density at radius 3 is 2.69 bits per heavy atom. The first-order valence-corrected chi connectivity index (χ1v) is 7.73. The zero-order valence-corrected chi connectivity index (χ0v) is 11.4. The third-order valence-electron chi connectivity index (χ3n) is 4.24. The second kappa shape index (κ2) is 5.28. The van der Waals surface area contributed by atoms with E-state index in [1.807, 2.05) is 0 Å². The van der Waals surface area contributed by atoms with Crippen molar-refractivity contribution in [1.29, 1.82) is 0 Å². The van der Waals surface area contributed by atoms with Crippen molar-refractivity contribution in [2.75, 3.05) is 31.1 Å². The number of rotatable bonds is 2. The molecule has 2 fully saturated rings. The van der Waals surface area contributed by atoms with Gasteiger partial charge in [0.1, 0.15) is 0 Å². The minimum atomic E-state index is -0.101. The van der Waals surface area contributed by atoms with Gasteiger partial charge in [0, 0.05) is 31.1 Å². The van der Waals surface area contributed by atoms with E-state index in [0.717, 1.165) is 6.54 Å². The van der Waals surface area contributed by atoms with Gasteiger partial charge in [0.05, 0.1) is 6.10 Å². The van der Waals surface area contributed by atoms with Crippen molar-refractivity contribution in [1.82, 2.24) is 4.90 Å². The Bertz CT molecular complexity index is 226. The van der Waals surface area contributed by atoms with Crippen LogP contribution < -0.4 is 0 Å². The fraction of sp³-hybridized carbons (Fsp3) is 1.00. The van der Waals surface area contributed by atoms with Gasteiger partial charge in [0.2, 0.25) is 0 Å². The van der Waals surface area contributed by atoms with Crippen molar-refractivity contribution in [3.05, 3.63) is 0 Å². The highest BCUT2D eigenvalue weighted by Crippen LogP contribution is 2.39. The van der Waals surface area contributed by atoms with E-state index < -0.39 is 0 Å². The van der Waals surface area contributed by atoms with Crippen LogP contribution in [0.1, 0.15) is 33.1 Å². The van der Waals surface area contributed by atoms with Gasteiger partial charge in [-0.3, -0.25) is 0 Å². The monoisotopic (exact) mass is 243 g/mol. The molecule has 0 aromatic rings. The molecular weight excluding hydrogens is 218 g/mol. The van der Waals surface area contributed by atoms with E-state index in [2.05, 4.69) is 30.5 Å². The summed E-state index contributed by atoms with van der Waals surface area (Å²) in [6.45, 7) is 7.99. The maximum Gasteiger partial charge on any atom is 0.0631 e. The molecule has 1 aliphatic heterocycles. The molecule has 0 aromatic heterocycles. The molecule has 2 aliphatic rings. The summed E-state index contributed by atoms with van der Waals surface area (Å²) in [5, 5.41) is 10.4. The van der Waals surface area contributed by atoms with E-state index >= 15 is 0 Å². The van der Waals surface area contributed by atoms with Crippen LogP contribution in [0.4, 0.5) is 0 Å². The van der Waals surface area contributed by atoms with Crippen molar-refractivity contribution in [2.24, 2.45) is 11.3 Å². The molecule has 16 heavy (non-hydrogen) atoms. The molecule has 1 aliphatic carbocycles.